The number of halogens is 1. The standard InChI is InChI=1S/C11H15BrN2O2S/c1-2-10-4-3-5-14(10)17(15,16)11-6-9(12)7-13-8-11/h6-8,10H,2-5H2,1H3. The first-order valence-corrected chi connectivity index (χ1v) is 7.91. The molecule has 2 heterocycles. The summed E-state index contributed by atoms with van der Waals surface area (Å²) in [7, 11) is -3.38. The van der Waals surface area contributed by atoms with E-state index in [1.165, 1.54) is 6.20 Å². The van der Waals surface area contributed by atoms with Crippen LogP contribution < -0.4 is 0 Å². The average Bonchev–Trinajstić information content (AvgIpc) is 2.77. The zero-order valence-corrected chi connectivity index (χ0v) is 12.0. The van der Waals surface area contributed by atoms with Crippen LogP contribution in [-0.2, 0) is 10.0 Å². The highest BCUT2D eigenvalue weighted by Crippen LogP contribution is 2.28. The number of rotatable bonds is 3. The molecule has 1 aliphatic rings. The van der Waals surface area contributed by atoms with Crippen molar-refractivity contribution in [1.29, 1.82) is 0 Å². The Balaban J connectivity index is 2.36. The molecule has 2 rings (SSSR count). The molecule has 0 aromatic carbocycles. The van der Waals surface area contributed by atoms with Gasteiger partial charge < -0.3 is 0 Å². The first-order chi connectivity index (χ1) is 8.05. The molecule has 1 aromatic heterocycles. The monoisotopic (exact) mass is 318 g/mol. The largest absolute Gasteiger partial charge is 0.262 e. The molecule has 1 fully saturated rings. The Kier molecular flexibility index (Phi) is 3.85. The van der Waals surface area contributed by atoms with Gasteiger partial charge in [-0.1, -0.05) is 6.92 Å². The minimum Gasteiger partial charge on any atom is -0.262 e. The second-order valence-electron chi connectivity index (χ2n) is 4.16. The minimum atomic E-state index is -3.38. The number of sulfonamides is 1. The average molecular weight is 319 g/mol. The lowest BCUT2D eigenvalue weighted by Gasteiger charge is -2.22. The van der Waals surface area contributed by atoms with Gasteiger partial charge in [0.2, 0.25) is 10.0 Å². The van der Waals surface area contributed by atoms with Gasteiger partial charge in [0.1, 0.15) is 4.90 Å². The van der Waals surface area contributed by atoms with Crippen molar-refractivity contribution in [2.45, 2.75) is 37.1 Å². The lowest BCUT2D eigenvalue weighted by Crippen LogP contribution is -2.35. The number of aromatic nitrogens is 1. The van der Waals surface area contributed by atoms with Crippen molar-refractivity contribution in [3.05, 3.63) is 22.9 Å². The normalized spacial score (nSPS) is 21.9. The van der Waals surface area contributed by atoms with Crippen LogP contribution in [0.1, 0.15) is 26.2 Å². The van der Waals surface area contributed by atoms with Crippen LogP contribution in [-0.4, -0.2) is 30.3 Å². The van der Waals surface area contributed by atoms with Crippen LogP contribution in [0.2, 0.25) is 0 Å². The van der Waals surface area contributed by atoms with Gasteiger partial charge in [0.25, 0.3) is 0 Å². The molecule has 6 heteroatoms. The molecular weight excluding hydrogens is 304 g/mol. The first-order valence-electron chi connectivity index (χ1n) is 5.68. The van der Waals surface area contributed by atoms with Gasteiger partial charge in [0, 0.05) is 29.5 Å². The van der Waals surface area contributed by atoms with E-state index in [9.17, 15) is 8.42 Å². The van der Waals surface area contributed by atoms with E-state index in [0.717, 1.165) is 19.3 Å². The number of hydrogen-bond donors (Lipinski definition) is 0. The quantitative estimate of drug-likeness (QED) is 0.860. The highest BCUT2D eigenvalue weighted by Gasteiger charge is 2.34. The van der Waals surface area contributed by atoms with Crippen molar-refractivity contribution < 1.29 is 8.42 Å². The molecule has 1 unspecified atom stereocenters. The summed E-state index contributed by atoms with van der Waals surface area (Å²) in [5, 5.41) is 0. The highest BCUT2D eigenvalue weighted by atomic mass is 79.9. The third kappa shape index (κ3) is 2.53. The summed E-state index contributed by atoms with van der Waals surface area (Å²) in [6.45, 7) is 2.64. The fourth-order valence-corrected chi connectivity index (χ4v) is 4.48. The third-order valence-corrected chi connectivity index (χ3v) is 5.43. The van der Waals surface area contributed by atoms with Gasteiger partial charge in [-0.05, 0) is 41.3 Å². The molecule has 1 atom stereocenters. The van der Waals surface area contributed by atoms with E-state index >= 15 is 0 Å². The molecule has 4 nitrogen and oxygen atoms in total. The zero-order valence-electron chi connectivity index (χ0n) is 9.63. The maximum Gasteiger partial charge on any atom is 0.244 e. The van der Waals surface area contributed by atoms with Gasteiger partial charge in [-0.2, -0.15) is 4.31 Å². The molecule has 0 saturated carbocycles. The van der Waals surface area contributed by atoms with Gasteiger partial charge in [-0.15, -0.1) is 0 Å². The van der Waals surface area contributed by atoms with Gasteiger partial charge in [0.15, 0.2) is 0 Å². The molecule has 0 spiro atoms. The van der Waals surface area contributed by atoms with Crippen molar-refractivity contribution >= 4 is 26.0 Å². The molecule has 17 heavy (non-hydrogen) atoms. The maximum absolute atomic E-state index is 12.4. The predicted molar refractivity (Wildman–Crippen MR) is 69.1 cm³/mol. The van der Waals surface area contributed by atoms with Crippen molar-refractivity contribution in [3.8, 4) is 0 Å². The van der Waals surface area contributed by atoms with Crippen molar-refractivity contribution in [2.75, 3.05) is 6.54 Å². The fourth-order valence-electron chi connectivity index (χ4n) is 2.20. The summed E-state index contributed by atoms with van der Waals surface area (Å²) in [4.78, 5) is 4.19. The Bertz CT molecular complexity index is 504. The van der Waals surface area contributed by atoms with E-state index in [4.69, 9.17) is 0 Å². The minimum absolute atomic E-state index is 0.138. The van der Waals surface area contributed by atoms with Gasteiger partial charge in [-0.25, -0.2) is 8.42 Å². The molecule has 0 radical (unpaired) electrons. The molecule has 94 valence electrons. The van der Waals surface area contributed by atoms with Crippen LogP contribution in [0.4, 0.5) is 0 Å². The molecule has 1 aliphatic heterocycles. The second kappa shape index (κ2) is 5.04. The molecular formula is C11H15BrN2O2S. The second-order valence-corrected chi connectivity index (χ2v) is 6.97. The van der Waals surface area contributed by atoms with Gasteiger partial charge in [0.05, 0.1) is 0 Å². The van der Waals surface area contributed by atoms with Gasteiger partial charge >= 0.3 is 0 Å². The van der Waals surface area contributed by atoms with Crippen LogP contribution in [0.15, 0.2) is 27.8 Å². The van der Waals surface area contributed by atoms with Crippen LogP contribution in [0.25, 0.3) is 0 Å². The zero-order chi connectivity index (χ0) is 12.5. The van der Waals surface area contributed by atoms with Crippen LogP contribution in [0, 0.1) is 0 Å². The summed E-state index contributed by atoms with van der Waals surface area (Å²) in [6.07, 6.45) is 5.75. The third-order valence-electron chi connectivity index (χ3n) is 3.08. The molecule has 1 saturated heterocycles. The summed E-state index contributed by atoms with van der Waals surface area (Å²) in [6, 6.07) is 1.74. The molecule has 0 aliphatic carbocycles. The van der Waals surface area contributed by atoms with Crippen molar-refractivity contribution in [3.63, 3.8) is 0 Å². The first kappa shape index (κ1) is 13.0. The Hall–Kier alpha value is -0.460. The lowest BCUT2D eigenvalue weighted by molar-refractivity contribution is 0.379. The van der Waals surface area contributed by atoms with E-state index in [0.29, 0.717) is 11.0 Å². The summed E-state index contributed by atoms with van der Waals surface area (Å²) < 4.78 is 27.1. The van der Waals surface area contributed by atoms with Crippen LogP contribution in [0.5, 0.6) is 0 Å². The molecule has 1 aromatic rings. The van der Waals surface area contributed by atoms with Crippen molar-refractivity contribution in [1.82, 2.24) is 9.29 Å². The van der Waals surface area contributed by atoms with Gasteiger partial charge in [-0.3, -0.25) is 4.98 Å². The smallest absolute Gasteiger partial charge is 0.244 e. The summed E-state index contributed by atoms with van der Waals surface area (Å²) in [5.74, 6) is 0. The molecule has 0 N–H and O–H groups in total. The van der Waals surface area contributed by atoms with E-state index in [1.54, 1.807) is 16.6 Å². The topological polar surface area (TPSA) is 50.3 Å². The predicted octanol–water partition coefficient (Wildman–Crippen LogP) is 2.41. The van der Waals surface area contributed by atoms with E-state index in [1.807, 2.05) is 6.92 Å². The SMILES string of the molecule is CCC1CCCN1S(=O)(=O)c1cncc(Br)c1. The Labute approximate surface area is 110 Å². The fraction of sp³-hybridized carbons (Fsp3) is 0.545. The number of nitrogens with zero attached hydrogens (tertiary/aromatic N) is 2. The number of pyridine rings is 1. The van der Waals surface area contributed by atoms with E-state index in [-0.39, 0.29) is 10.9 Å². The van der Waals surface area contributed by atoms with Crippen LogP contribution in [0.3, 0.4) is 0 Å². The number of hydrogen-bond acceptors (Lipinski definition) is 3. The Morgan fingerprint density at radius 1 is 1.53 bits per heavy atom. The van der Waals surface area contributed by atoms with Crippen molar-refractivity contribution in [2.24, 2.45) is 0 Å². The maximum atomic E-state index is 12.4. The summed E-state index contributed by atoms with van der Waals surface area (Å²) >= 11 is 3.25. The molecule has 0 amide bonds. The van der Waals surface area contributed by atoms with Crippen LogP contribution >= 0.6 is 15.9 Å². The lowest BCUT2D eigenvalue weighted by atomic mass is 10.2. The van der Waals surface area contributed by atoms with E-state index < -0.39 is 10.0 Å². The Morgan fingerprint density at radius 2 is 2.29 bits per heavy atom. The Morgan fingerprint density at radius 3 is 2.94 bits per heavy atom. The highest BCUT2D eigenvalue weighted by molar-refractivity contribution is 9.10. The van der Waals surface area contributed by atoms with E-state index in [2.05, 4.69) is 20.9 Å². The molecule has 0 bridgehead atoms. The summed E-state index contributed by atoms with van der Waals surface area (Å²) in [5.41, 5.74) is 0.